The molecule has 0 aromatic heterocycles. The van der Waals surface area contributed by atoms with Crippen LogP contribution < -0.4 is 10.1 Å². The summed E-state index contributed by atoms with van der Waals surface area (Å²) in [5, 5.41) is 11.8. The van der Waals surface area contributed by atoms with Gasteiger partial charge in [0.05, 0.1) is 23.2 Å². The molecule has 1 heterocycles. The molecule has 0 aliphatic carbocycles. The minimum atomic E-state index is -0.542. The highest BCUT2D eigenvalue weighted by molar-refractivity contribution is 6.08. The second-order valence-corrected chi connectivity index (χ2v) is 6.28. The molecule has 120 valence electrons. The van der Waals surface area contributed by atoms with Crippen molar-refractivity contribution in [2.45, 2.75) is 25.9 Å². The van der Waals surface area contributed by atoms with E-state index < -0.39 is 5.60 Å². The highest BCUT2D eigenvalue weighted by Gasteiger charge is 2.32. The Bertz CT molecular complexity index is 878. The second-order valence-electron chi connectivity index (χ2n) is 6.28. The molecule has 0 radical (unpaired) electrons. The first kappa shape index (κ1) is 15.8. The number of carbonyl (C=O) groups excluding carboxylic acids is 2. The Kier molecular flexibility index (Phi) is 3.82. The van der Waals surface area contributed by atoms with E-state index in [4.69, 9.17) is 10.00 Å². The van der Waals surface area contributed by atoms with Gasteiger partial charge in [-0.05, 0) is 44.2 Å². The fourth-order valence-corrected chi connectivity index (χ4v) is 2.68. The largest absolute Gasteiger partial charge is 0.487 e. The maximum absolute atomic E-state index is 12.4. The highest BCUT2D eigenvalue weighted by Crippen LogP contribution is 2.33. The first-order chi connectivity index (χ1) is 11.4. The first-order valence-electron chi connectivity index (χ1n) is 7.56. The van der Waals surface area contributed by atoms with Gasteiger partial charge >= 0.3 is 0 Å². The number of fused-ring (bicyclic) bond motifs is 1. The smallest absolute Gasteiger partial charge is 0.255 e. The van der Waals surface area contributed by atoms with Crippen LogP contribution in [0.25, 0.3) is 0 Å². The van der Waals surface area contributed by atoms with E-state index in [9.17, 15) is 9.59 Å². The minimum absolute atomic E-state index is 0.0478. The number of hydrogen-bond acceptors (Lipinski definition) is 4. The standard InChI is InChI=1S/C19H16N2O3/c1-19(2)10-16(22)14-9-12(7-8-17(14)24-19)18(23)21-15-6-4-3-5-13(15)11-20/h3-9H,10H2,1-2H3,(H,21,23). The predicted octanol–water partition coefficient (Wildman–Crippen LogP) is 3.55. The second kappa shape index (κ2) is 5.82. The van der Waals surface area contributed by atoms with E-state index in [-0.39, 0.29) is 18.1 Å². The third-order valence-corrected chi connectivity index (χ3v) is 3.81. The molecule has 5 heteroatoms. The molecule has 0 atom stereocenters. The number of para-hydroxylation sites is 1. The van der Waals surface area contributed by atoms with Crippen molar-refractivity contribution in [3.05, 3.63) is 59.2 Å². The number of anilines is 1. The zero-order valence-corrected chi connectivity index (χ0v) is 13.4. The van der Waals surface area contributed by atoms with Crippen LogP contribution in [0.1, 0.15) is 46.5 Å². The summed E-state index contributed by atoms with van der Waals surface area (Å²) in [6.07, 6.45) is 0.266. The van der Waals surface area contributed by atoms with Gasteiger partial charge in [-0.25, -0.2) is 0 Å². The SMILES string of the molecule is CC1(C)CC(=O)c2cc(C(=O)Nc3ccccc3C#N)ccc2O1. The lowest BCUT2D eigenvalue weighted by Crippen LogP contribution is -2.36. The number of hydrogen-bond donors (Lipinski definition) is 1. The molecule has 3 rings (SSSR count). The monoisotopic (exact) mass is 320 g/mol. The van der Waals surface area contributed by atoms with Crippen molar-refractivity contribution in [3.8, 4) is 11.8 Å². The Morgan fingerprint density at radius 1 is 1.25 bits per heavy atom. The van der Waals surface area contributed by atoms with E-state index in [1.807, 2.05) is 19.9 Å². The molecule has 1 aliphatic heterocycles. The molecule has 24 heavy (non-hydrogen) atoms. The van der Waals surface area contributed by atoms with Crippen LogP contribution in [-0.2, 0) is 0 Å². The molecule has 0 fully saturated rings. The molecule has 0 spiro atoms. The lowest BCUT2D eigenvalue weighted by molar-refractivity contribution is 0.0620. The number of rotatable bonds is 2. The van der Waals surface area contributed by atoms with Gasteiger partial charge in [-0.3, -0.25) is 9.59 Å². The molecule has 0 unspecified atom stereocenters. The summed E-state index contributed by atoms with van der Waals surface area (Å²) in [4.78, 5) is 24.7. The number of benzene rings is 2. The van der Waals surface area contributed by atoms with Crippen molar-refractivity contribution in [2.75, 3.05) is 5.32 Å². The summed E-state index contributed by atoms with van der Waals surface area (Å²) in [5.74, 6) is 0.0664. The van der Waals surface area contributed by atoms with Crippen LogP contribution in [0.5, 0.6) is 5.75 Å². The average molecular weight is 320 g/mol. The Morgan fingerprint density at radius 3 is 2.75 bits per heavy atom. The molecular formula is C19H16N2O3. The van der Waals surface area contributed by atoms with E-state index in [1.165, 1.54) is 6.07 Å². The molecule has 1 aliphatic rings. The Hall–Kier alpha value is -3.13. The number of carbonyl (C=O) groups is 2. The summed E-state index contributed by atoms with van der Waals surface area (Å²) >= 11 is 0. The maximum atomic E-state index is 12.4. The summed E-state index contributed by atoms with van der Waals surface area (Å²) < 4.78 is 5.78. The van der Waals surface area contributed by atoms with Gasteiger partial charge in [0.25, 0.3) is 5.91 Å². The molecule has 2 aromatic rings. The lowest BCUT2D eigenvalue weighted by Gasteiger charge is -2.31. The van der Waals surface area contributed by atoms with Gasteiger partial charge in [-0.1, -0.05) is 12.1 Å². The quantitative estimate of drug-likeness (QED) is 0.917. The van der Waals surface area contributed by atoms with E-state index in [1.54, 1.807) is 36.4 Å². The number of ketones is 1. The zero-order valence-electron chi connectivity index (χ0n) is 13.4. The normalized spacial score (nSPS) is 15.0. The van der Waals surface area contributed by atoms with Crippen molar-refractivity contribution < 1.29 is 14.3 Å². The topological polar surface area (TPSA) is 79.2 Å². The van der Waals surface area contributed by atoms with Crippen molar-refractivity contribution in [1.29, 1.82) is 5.26 Å². The zero-order chi connectivity index (χ0) is 17.3. The van der Waals surface area contributed by atoms with Crippen molar-refractivity contribution in [1.82, 2.24) is 0 Å². The van der Waals surface area contributed by atoms with Gasteiger partial charge in [-0.2, -0.15) is 5.26 Å². The molecule has 5 nitrogen and oxygen atoms in total. The van der Waals surface area contributed by atoms with Gasteiger partial charge in [0, 0.05) is 5.56 Å². The number of ether oxygens (including phenoxy) is 1. The fourth-order valence-electron chi connectivity index (χ4n) is 2.68. The lowest BCUT2D eigenvalue weighted by atomic mass is 9.92. The third-order valence-electron chi connectivity index (χ3n) is 3.81. The highest BCUT2D eigenvalue weighted by atomic mass is 16.5. The average Bonchev–Trinajstić information content (AvgIpc) is 2.54. The van der Waals surface area contributed by atoms with Crippen molar-refractivity contribution >= 4 is 17.4 Å². The number of amides is 1. The maximum Gasteiger partial charge on any atom is 0.255 e. The van der Waals surface area contributed by atoms with Crippen LogP contribution in [0.15, 0.2) is 42.5 Å². The van der Waals surface area contributed by atoms with Crippen LogP contribution in [0.2, 0.25) is 0 Å². The molecule has 2 aromatic carbocycles. The summed E-state index contributed by atoms with van der Waals surface area (Å²) in [6, 6.07) is 13.6. The van der Waals surface area contributed by atoms with Gasteiger partial charge in [0.15, 0.2) is 5.78 Å². The molecule has 0 bridgehead atoms. The predicted molar refractivity (Wildman–Crippen MR) is 89.2 cm³/mol. The van der Waals surface area contributed by atoms with Gasteiger partial charge in [0.1, 0.15) is 17.4 Å². The van der Waals surface area contributed by atoms with Gasteiger partial charge in [0.2, 0.25) is 0 Å². The Morgan fingerprint density at radius 2 is 2.00 bits per heavy atom. The fraction of sp³-hybridized carbons (Fsp3) is 0.211. The van der Waals surface area contributed by atoms with E-state index in [2.05, 4.69) is 5.32 Å². The van der Waals surface area contributed by atoms with Crippen LogP contribution in [0.4, 0.5) is 5.69 Å². The third kappa shape index (κ3) is 2.99. The molecule has 1 amide bonds. The van der Waals surface area contributed by atoms with Gasteiger partial charge in [-0.15, -0.1) is 0 Å². The van der Waals surface area contributed by atoms with E-state index >= 15 is 0 Å². The minimum Gasteiger partial charge on any atom is -0.487 e. The molecular weight excluding hydrogens is 304 g/mol. The molecule has 0 saturated heterocycles. The summed E-state index contributed by atoms with van der Waals surface area (Å²) in [5.41, 5.74) is 1.03. The first-order valence-corrected chi connectivity index (χ1v) is 7.56. The summed E-state index contributed by atoms with van der Waals surface area (Å²) in [6.45, 7) is 3.71. The number of Topliss-reactive ketones (excluding diaryl/α,β-unsaturated/α-hetero) is 1. The van der Waals surface area contributed by atoms with Crippen molar-refractivity contribution in [2.24, 2.45) is 0 Å². The number of nitrogens with one attached hydrogen (secondary N) is 1. The van der Waals surface area contributed by atoms with Crippen LogP contribution in [0, 0.1) is 11.3 Å². The Balaban J connectivity index is 1.89. The molecule has 0 saturated carbocycles. The molecule has 1 N–H and O–H groups in total. The number of nitriles is 1. The van der Waals surface area contributed by atoms with E-state index in [0.717, 1.165) is 0 Å². The van der Waals surface area contributed by atoms with Gasteiger partial charge < -0.3 is 10.1 Å². The van der Waals surface area contributed by atoms with Crippen LogP contribution in [0.3, 0.4) is 0 Å². The Labute approximate surface area is 139 Å². The van der Waals surface area contributed by atoms with Crippen LogP contribution in [-0.4, -0.2) is 17.3 Å². The van der Waals surface area contributed by atoms with Crippen molar-refractivity contribution in [3.63, 3.8) is 0 Å². The van der Waals surface area contributed by atoms with Crippen LogP contribution >= 0.6 is 0 Å². The number of nitrogens with zero attached hydrogens (tertiary/aromatic N) is 1. The van der Waals surface area contributed by atoms with E-state index in [0.29, 0.717) is 28.1 Å². The summed E-state index contributed by atoms with van der Waals surface area (Å²) in [7, 11) is 0.